The lowest BCUT2D eigenvalue weighted by molar-refractivity contribution is -0.136. The molecule has 0 bridgehead atoms. The lowest BCUT2D eigenvalue weighted by Gasteiger charge is -2.22. The molecule has 172 valence electrons. The Kier molecular flexibility index (Phi) is 5.78. The second kappa shape index (κ2) is 8.77. The summed E-state index contributed by atoms with van der Waals surface area (Å²) in [6, 6.07) is 14.7. The molecule has 10 heteroatoms. The topological polar surface area (TPSA) is 113 Å². The van der Waals surface area contributed by atoms with E-state index in [1.165, 1.54) is 4.57 Å². The fourth-order valence-corrected chi connectivity index (χ4v) is 4.91. The number of fused-ring (bicyclic) bond motifs is 3. The molecule has 0 amide bonds. The normalized spacial score (nSPS) is 15.2. The molecule has 5 rings (SSSR count). The van der Waals surface area contributed by atoms with E-state index in [0.717, 1.165) is 14.5 Å². The van der Waals surface area contributed by atoms with Gasteiger partial charge < -0.3 is 19.3 Å². The predicted molar refractivity (Wildman–Crippen MR) is 132 cm³/mol. The zero-order chi connectivity index (χ0) is 24.0. The first kappa shape index (κ1) is 22.4. The van der Waals surface area contributed by atoms with E-state index in [2.05, 4.69) is 36.8 Å². The molecule has 8 nitrogen and oxygen atoms in total. The number of nitrogens with two attached hydrogens (primary N) is 1. The second-order valence-electron chi connectivity index (χ2n) is 7.41. The number of nitrogens with zero attached hydrogens (tertiary/aromatic N) is 2. The van der Waals surface area contributed by atoms with E-state index in [1.807, 2.05) is 48.5 Å². The van der Waals surface area contributed by atoms with Gasteiger partial charge in [0.05, 0.1) is 12.5 Å². The van der Waals surface area contributed by atoms with Gasteiger partial charge in [0.15, 0.2) is 0 Å². The maximum absolute atomic E-state index is 13.2. The van der Waals surface area contributed by atoms with Crippen LogP contribution in [0.5, 0.6) is 0 Å². The molecular weight excluding hydrogens is 570 g/mol. The van der Waals surface area contributed by atoms with E-state index >= 15 is 0 Å². The summed E-state index contributed by atoms with van der Waals surface area (Å²) in [5, 5.41) is 0.145. The molecule has 1 aliphatic heterocycles. The first-order chi connectivity index (χ1) is 16.4. The predicted octanol–water partition coefficient (Wildman–Crippen LogP) is 3.21. The number of nitrogen functional groups attached to an aromatic ring is 1. The van der Waals surface area contributed by atoms with E-state index in [9.17, 15) is 9.59 Å². The van der Waals surface area contributed by atoms with Gasteiger partial charge in [0.2, 0.25) is 11.4 Å². The zero-order valence-corrected chi connectivity index (χ0v) is 20.9. The third-order valence-electron chi connectivity index (χ3n) is 5.40. The molecule has 0 saturated carbocycles. The number of aromatic nitrogens is 2. The Balaban J connectivity index is 1.94. The lowest BCUT2D eigenvalue weighted by atomic mass is 9.87. The summed E-state index contributed by atoms with van der Waals surface area (Å²) >= 11 is 7.04. The van der Waals surface area contributed by atoms with E-state index in [4.69, 9.17) is 19.3 Å². The van der Waals surface area contributed by atoms with Crippen molar-refractivity contribution >= 4 is 55.5 Å². The van der Waals surface area contributed by atoms with Crippen molar-refractivity contribution in [1.29, 1.82) is 0 Å². The van der Waals surface area contributed by atoms with Gasteiger partial charge in [-0.1, -0.05) is 68.3 Å². The second-order valence-corrected chi connectivity index (χ2v) is 9.12. The van der Waals surface area contributed by atoms with Crippen LogP contribution in [0.4, 0.5) is 6.01 Å². The Bertz CT molecular complexity index is 1620. The molecule has 1 aliphatic rings. The number of anilines is 1. The van der Waals surface area contributed by atoms with Gasteiger partial charge in [-0.25, -0.2) is 14.2 Å². The summed E-state index contributed by atoms with van der Waals surface area (Å²) in [6.45, 7) is 1.84. The molecule has 2 aromatic carbocycles. The summed E-state index contributed by atoms with van der Waals surface area (Å²) in [7, 11) is 0. The van der Waals surface area contributed by atoms with E-state index in [0.29, 0.717) is 11.3 Å². The molecule has 2 N–H and O–H groups in total. The highest BCUT2D eigenvalue weighted by molar-refractivity contribution is 9.10. The Labute approximate surface area is 209 Å². The Morgan fingerprint density at radius 2 is 1.85 bits per heavy atom. The lowest BCUT2D eigenvalue weighted by Crippen LogP contribution is -2.37. The fraction of sp³-hybridized carbons (Fsp3) is 0.125. The number of benzene rings is 2. The van der Waals surface area contributed by atoms with Crippen molar-refractivity contribution in [2.75, 3.05) is 12.3 Å². The van der Waals surface area contributed by atoms with Crippen LogP contribution in [0.25, 0.3) is 17.5 Å². The van der Waals surface area contributed by atoms with Gasteiger partial charge in [-0.05, 0) is 36.3 Å². The van der Waals surface area contributed by atoms with E-state index in [1.54, 1.807) is 13.0 Å². The van der Waals surface area contributed by atoms with Gasteiger partial charge in [-0.15, -0.1) is 0 Å². The number of oxazole rings is 2. The van der Waals surface area contributed by atoms with Crippen molar-refractivity contribution < 1.29 is 18.4 Å². The quantitative estimate of drug-likeness (QED) is 0.365. The van der Waals surface area contributed by atoms with Crippen LogP contribution >= 0.6 is 31.9 Å². The highest BCUT2D eigenvalue weighted by atomic mass is 79.9. The van der Waals surface area contributed by atoms with Crippen LogP contribution in [-0.4, -0.2) is 22.1 Å². The Hall–Kier alpha value is -3.37. The highest BCUT2D eigenvalue weighted by Crippen LogP contribution is 2.41. The maximum Gasteiger partial charge on any atom is 0.362 e. The Morgan fingerprint density at radius 1 is 1.15 bits per heavy atom. The minimum absolute atomic E-state index is 0.00570. The van der Waals surface area contributed by atoms with Crippen molar-refractivity contribution in [2.45, 2.75) is 12.8 Å². The van der Waals surface area contributed by atoms with Crippen molar-refractivity contribution in [3.63, 3.8) is 0 Å². The number of esters is 1. The van der Waals surface area contributed by atoms with Gasteiger partial charge in [-0.3, -0.25) is 0 Å². The molecular formula is C24H17Br2N3O5. The van der Waals surface area contributed by atoms with Crippen LogP contribution in [0.1, 0.15) is 29.7 Å². The third kappa shape index (κ3) is 3.63. The van der Waals surface area contributed by atoms with Crippen molar-refractivity contribution in [3.8, 4) is 5.88 Å². The standard InChI is InChI=1S/C24H17Br2N3O5/c1-2-32-23(31)18-17(13-8-4-6-10-15(13)26)19-21(34-24(27)28-19)29-16(22(30)33-20(18)29)11-12-7-3-5-9-14(12)25/h3-11,17H,2H2,1H3,(H2,27,28)/b16-11+/t17-/m0/s1. The van der Waals surface area contributed by atoms with Crippen LogP contribution < -0.4 is 22.3 Å². The van der Waals surface area contributed by atoms with Gasteiger partial charge in [0, 0.05) is 8.95 Å². The molecule has 0 unspecified atom stereocenters. The largest absolute Gasteiger partial charge is 0.462 e. The van der Waals surface area contributed by atoms with E-state index in [-0.39, 0.29) is 35.0 Å². The molecule has 3 heterocycles. The van der Waals surface area contributed by atoms with E-state index < -0.39 is 17.5 Å². The summed E-state index contributed by atoms with van der Waals surface area (Å²) < 4.78 is 19.7. The average molecular weight is 587 g/mol. The molecule has 0 aliphatic carbocycles. The number of hydrogen-bond donors (Lipinski definition) is 1. The fourth-order valence-electron chi connectivity index (χ4n) is 4.00. The molecule has 0 fully saturated rings. The minimum atomic E-state index is -0.743. The third-order valence-corrected chi connectivity index (χ3v) is 6.84. The number of hydrogen-bond acceptors (Lipinski definition) is 7. The van der Waals surface area contributed by atoms with Crippen LogP contribution in [-0.2, 0) is 9.53 Å². The monoisotopic (exact) mass is 585 g/mol. The van der Waals surface area contributed by atoms with Gasteiger partial charge >= 0.3 is 11.6 Å². The van der Waals surface area contributed by atoms with Crippen LogP contribution in [0.3, 0.4) is 0 Å². The van der Waals surface area contributed by atoms with Crippen LogP contribution in [0.15, 0.2) is 71.1 Å². The number of rotatable bonds is 4. The van der Waals surface area contributed by atoms with Gasteiger partial charge in [-0.2, -0.15) is 4.98 Å². The smallest absolute Gasteiger partial charge is 0.362 e. The van der Waals surface area contributed by atoms with Crippen LogP contribution in [0.2, 0.25) is 0 Å². The highest BCUT2D eigenvalue weighted by Gasteiger charge is 2.40. The number of carbonyl (C=O) groups excluding carboxylic acids is 1. The molecule has 4 aromatic rings. The molecule has 2 aromatic heterocycles. The summed E-state index contributed by atoms with van der Waals surface area (Å²) in [5.74, 6) is -1.18. The van der Waals surface area contributed by atoms with Crippen molar-refractivity contribution in [3.05, 3.63) is 95.6 Å². The molecule has 0 radical (unpaired) electrons. The van der Waals surface area contributed by atoms with Crippen molar-refractivity contribution in [2.24, 2.45) is 0 Å². The number of ether oxygens (including phenoxy) is 1. The molecule has 0 spiro atoms. The first-order valence-electron chi connectivity index (χ1n) is 10.3. The van der Waals surface area contributed by atoms with Gasteiger partial charge in [0.25, 0.3) is 6.01 Å². The average Bonchev–Trinajstić information content (AvgIpc) is 3.34. The summed E-state index contributed by atoms with van der Waals surface area (Å²) in [5.41, 5.74) is 7.24. The number of carbonyl (C=O) groups is 1. The molecule has 34 heavy (non-hydrogen) atoms. The summed E-state index contributed by atoms with van der Waals surface area (Å²) in [6.07, 6.45) is 1.64. The summed E-state index contributed by atoms with van der Waals surface area (Å²) in [4.78, 5) is 30.7. The molecule has 0 saturated heterocycles. The minimum Gasteiger partial charge on any atom is -0.462 e. The maximum atomic E-state index is 13.2. The van der Waals surface area contributed by atoms with Crippen molar-refractivity contribution in [1.82, 2.24) is 9.55 Å². The first-order valence-corrected chi connectivity index (χ1v) is 11.9. The van der Waals surface area contributed by atoms with Gasteiger partial charge in [0.1, 0.15) is 16.6 Å². The Morgan fingerprint density at radius 3 is 2.56 bits per heavy atom. The zero-order valence-electron chi connectivity index (χ0n) is 17.7. The van der Waals surface area contributed by atoms with Crippen LogP contribution in [0, 0.1) is 0 Å². The molecule has 1 atom stereocenters. The SMILES string of the molecule is CCOC(=O)C1=c2oc(=O)/c(=C\c3ccccc3Br)n2-c2oc(N)nc2[C@H]1c1ccccc1Br. The number of halogens is 2.